The molecule has 2 saturated carbocycles. The largest absolute Gasteiger partial charge is 0.390 e. The van der Waals surface area contributed by atoms with Gasteiger partial charge < -0.3 is 26.0 Å². The van der Waals surface area contributed by atoms with Crippen LogP contribution in [-0.4, -0.2) is 73.3 Å². The normalized spacial score (nSPS) is 25.1. The van der Waals surface area contributed by atoms with E-state index in [9.17, 15) is 18.7 Å². The van der Waals surface area contributed by atoms with Crippen LogP contribution >= 0.6 is 0 Å². The Hall–Kier alpha value is -3.38. The monoisotopic (exact) mass is 596 g/mol. The number of hydrogen-bond acceptors (Lipinski definition) is 8. The van der Waals surface area contributed by atoms with Crippen molar-refractivity contribution in [3.63, 3.8) is 0 Å². The second-order valence-electron chi connectivity index (χ2n) is 12.9. The van der Waals surface area contributed by atoms with Gasteiger partial charge in [0, 0.05) is 50.2 Å². The summed E-state index contributed by atoms with van der Waals surface area (Å²) in [6.45, 7) is 6.90. The summed E-state index contributed by atoms with van der Waals surface area (Å²) in [6.07, 6.45) is 8.35. The maximum atomic E-state index is 14.7. The lowest BCUT2D eigenvalue weighted by molar-refractivity contribution is -0.137. The summed E-state index contributed by atoms with van der Waals surface area (Å²) >= 11 is 0. The van der Waals surface area contributed by atoms with Gasteiger partial charge in [0.05, 0.1) is 17.5 Å². The van der Waals surface area contributed by atoms with Gasteiger partial charge in [-0.25, -0.2) is 18.7 Å². The molecule has 0 spiro atoms. The molecule has 12 heteroatoms. The minimum absolute atomic E-state index is 0.00643. The smallest absolute Gasteiger partial charge is 0.225 e. The first-order valence-electron chi connectivity index (χ1n) is 15.6. The SMILES string of the molecule is CC(C)(O)[C@H]1CC[C@H](Nc2ncc3nc(Nc4ccc(F)cc4F)n([C@H]4CC[C@@H](C(=O)N5CCNCC5)CC4)c3n2)CC1. The topological polar surface area (TPSA) is 120 Å². The third kappa shape index (κ3) is 6.59. The Morgan fingerprint density at radius 3 is 2.42 bits per heavy atom. The number of imidazole rings is 1. The van der Waals surface area contributed by atoms with Gasteiger partial charge in [-0.15, -0.1) is 0 Å². The van der Waals surface area contributed by atoms with Crippen molar-refractivity contribution in [1.29, 1.82) is 0 Å². The standard InChI is InChI=1S/C31H42F2N8O2/c1-31(2,43)20-5-8-22(9-6-20)36-29-35-18-26-27(39-29)41(30(38-26)37-25-12-7-21(32)17-24(25)33)23-10-3-19(4-11-23)28(42)40-15-13-34-14-16-40/h7,12,17-20,22-23,34,43H,3-6,8-11,13-16H2,1-2H3,(H,37,38)(H,35,36,39)/t19-,20-,22-,23+. The number of anilines is 3. The first kappa shape index (κ1) is 29.7. The van der Waals surface area contributed by atoms with E-state index in [0.717, 1.165) is 83.6 Å². The van der Waals surface area contributed by atoms with Crippen molar-refractivity contribution in [1.82, 2.24) is 29.7 Å². The maximum absolute atomic E-state index is 14.7. The van der Waals surface area contributed by atoms with Gasteiger partial charge in [-0.3, -0.25) is 9.36 Å². The lowest BCUT2D eigenvalue weighted by Crippen LogP contribution is -2.48. The molecule has 0 unspecified atom stereocenters. The average Bonchev–Trinajstić information content (AvgIpc) is 3.35. The van der Waals surface area contributed by atoms with Crippen LogP contribution in [0.25, 0.3) is 11.2 Å². The van der Waals surface area contributed by atoms with Crippen LogP contribution in [0.15, 0.2) is 24.4 Å². The predicted molar refractivity (Wildman–Crippen MR) is 161 cm³/mol. The van der Waals surface area contributed by atoms with Crippen molar-refractivity contribution in [2.75, 3.05) is 36.8 Å². The molecular weight excluding hydrogens is 554 g/mol. The Morgan fingerprint density at radius 2 is 1.74 bits per heavy atom. The van der Waals surface area contributed by atoms with Crippen LogP contribution in [-0.2, 0) is 4.79 Å². The molecule has 1 aliphatic heterocycles. The van der Waals surface area contributed by atoms with Crippen molar-refractivity contribution in [2.24, 2.45) is 11.8 Å². The van der Waals surface area contributed by atoms with Crippen molar-refractivity contribution in [3.8, 4) is 0 Å². The number of aromatic nitrogens is 4. The molecule has 1 amide bonds. The van der Waals surface area contributed by atoms with Crippen LogP contribution in [0.5, 0.6) is 0 Å². The van der Waals surface area contributed by atoms with Crippen LogP contribution in [0, 0.1) is 23.5 Å². The number of fused-ring (bicyclic) bond motifs is 1. The molecule has 43 heavy (non-hydrogen) atoms. The summed E-state index contributed by atoms with van der Waals surface area (Å²) in [7, 11) is 0. The highest BCUT2D eigenvalue weighted by molar-refractivity contribution is 5.79. The third-order valence-corrected chi connectivity index (χ3v) is 9.51. The van der Waals surface area contributed by atoms with Gasteiger partial charge in [0.15, 0.2) is 5.65 Å². The number of hydrogen-bond donors (Lipinski definition) is 4. The van der Waals surface area contributed by atoms with E-state index in [2.05, 4.69) is 20.9 Å². The van der Waals surface area contributed by atoms with Gasteiger partial charge in [0.1, 0.15) is 17.2 Å². The fraction of sp³-hybridized carbons (Fsp3) is 0.613. The van der Waals surface area contributed by atoms with Crippen LogP contribution in [0.2, 0.25) is 0 Å². The Morgan fingerprint density at radius 1 is 1.02 bits per heavy atom. The summed E-state index contributed by atoms with van der Waals surface area (Å²) in [6, 6.07) is 3.61. The summed E-state index contributed by atoms with van der Waals surface area (Å²) in [5, 5.41) is 20.3. The second kappa shape index (κ2) is 12.3. The molecular formula is C31H42F2N8O2. The number of nitrogens with one attached hydrogen (secondary N) is 3. The van der Waals surface area contributed by atoms with Crippen molar-refractivity contribution >= 4 is 34.7 Å². The zero-order valence-electron chi connectivity index (χ0n) is 25.0. The Balaban J connectivity index is 1.24. The number of carbonyl (C=O) groups is 1. The quantitative estimate of drug-likeness (QED) is 0.309. The molecule has 2 aromatic heterocycles. The molecule has 232 valence electrons. The zero-order chi connectivity index (χ0) is 30.1. The fourth-order valence-corrected chi connectivity index (χ4v) is 6.96. The summed E-state index contributed by atoms with van der Waals surface area (Å²) < 4.78 is 30.3. The highest BCUT2D eigenvalue weighted by atomic mass is 19.1. The molecule has 4 N–H and O–H groups in total. The van der Waals surface area contributed by atoms with Crippen molar-refractivity contribution in [2.45, 2.75) is 82.9 Å². The van der Waals surface area contributed by atoms with Crippen molar-refractivity contribution < 1.29 is 18.7 Å². The molecule has 3 aromatic rings. The molecule has 0 bridgehead atoms. The lowest BCUT2D eigenvalue weighted by atomic mass is 9.77. The van der Waals surface area contributed by atoms with E-state index in [1.165, 1.54) is 12.1 Å². The Bertz CT molecular complexity index is 1440. The molecule has 1 saturated heterocycles. The minimum atomic E-state index is -0.709. The average molecular weight is 597 g/mol. The molecule has 3 fully saturated rings. The number of piperazine rings is 1. The third-order valence-electron chi connectivity index (χ3n) is 9.51. The van der Waals surface area contributed by atoms with Gasteiger partial charge in [-0.05, 0) is 83.3 Å². The van der Waals surface area contributed by atoms with E-state index in [0.29, 0.717) is 23.1 Å². The van der Waals surface area contributed by atoms with Gasteiger partial charge >= 0.3 is 0 Å². The predicted octanol–water partition coefficient (Wildman–Crippen LogP) is 4.75. The highest BCUT2D eigenvalue weighted by Crippen LogP contribution is 2.38. The lowest BCUT2D eigenvalue weighted by Gasteiger charge is -2.36. The first-order chi connectivity index (χ1) is 20.7. The molecule has 0 radical (unpaired) electrons. The number of carbonyl (C=O) groups excluding carboxylic acids is 1. The van der Waals surface area contributed by atoms with Gasteiger partial charge in [-0.1, -0.05) is 0 Å². The molecule has 1 aromatic carbocycles. The van der Waals surface area contributed by atoms with E-state index in [1.54, 1.807) is 6.20 Å². The number of amides is 1. The zero-order valence-corrected chi connectivity index (χ0v) is 25.0. The Kier molecular flexibility index (Phi) is 8.50. The molecule has 2 aliphatic carbocycles. The minimum Gasteiger partial charge on any atom is -0.390 e. The van der Waals surface area contributed by atoms with Crippen LogP contribution in [0.4, 0.5) is 26.4 Å². The fourth-order valence-electron chi connectivity index (χ4n) is 6.96. The summed E-state index contributed by atoms with van der Waals surface area (Å²) in [5.41, 5.74) is 0.634. The number of nitrogens with zero attached hydrogens (tertiary/aromatic N) is 5. The van der Waals surface area contributed by atoms with Crippen LogP contribution < -0.4 is 16.0 Å². The first-order valence-corrected chi connectivity index (χ1v) is 15.6. The Labute approximate surface area is 250 Å². The number of halogens is 2. The van der Waals surface area contributed by atoms with E-state index < -0.39 is 17.2 Å². The van der Waals surface area contributed by atoms with E-state index in [4.69, 9.17) is 9.97 Å². The van der Waals surface area contributed by atoms with Crippen LogP contribution in [0.3, 0.4) is 0 Å². The van der Waals surface area contributed by atoms with E-state index >= 15 is 0 Å². The van der Waals surface area contributed by atoms with Crippen LogP contribution in [0.1, 0.15) is 71.3 Å². The summed E-state index contributed by atoms with van der Waals surface area (Å²) in [4.78, 5) is 29.3. The van der Waals surface area contributed by atoms with Gasteiger partial charge in [-0.2, -0.15) is 4.98 Å². The summed E-state index contributed by atoms with van der Waals surface area (Å²) in [5.74, 6) is 0.0407. The second-order valence-corrected chi connectivity index (χ2v) is 12.9. The van der Waals surface area contributed by atoms with E-state index in [-0.39, 0.29) is 35.5 Å². The van der Waals surface area contributed by atoms with E-state index in [1.807, 2.05) is 23.3 Å². The molecule has 10 nitrogen and oxygen atoms in total. The molecule has 0 atom stereocenters. The van der Waals surface area contributed by atoms with Gasteiger partial charge in [0.25, 0.3) is 0 Å². The highest BCUT2D eigenvalue weighted by Gasteiger charge is 2.34. The number of aliphatic hydroxyl groups is 1. The molecule has 3 heterocycles. The number of rotatable bonds is 7. The van der Waals surface area contributed by atoms with Gasteiger partial charge in [0.2, 0.25) is 17.8 Å². The molecule has 6 rings (SSSR count). The van der Waals surface area contributed by atoms with Crippen molar-refractivity contribution in [3.05, 3.63) is 36.0 Å². The molecule has 3 aliphatic rings. The maximum Gasteiger partial charge on any atom is 0.225 e. The number of benzene rings is 1.